The molecule has 2 amide bonds. The van der Waals surface area contributed by atoms with Crippen molar-refractivity contribution in [2.24, 2.45) is 0 Å². The van der Waals surface area contributed by atoms with Crippen LogP contribution in [0, 0.1) is 0 Å². The maximum Gasteiger partial charge on any atom is 0.254 e. The topological polar surface area (TPSA) is 109 Å². The first kappa shape index (κ1) is 21.0. The molecule has 0 saturated heterocycles. The number of rotatable bonds is 8. The van der Waals surface area contributed by atoms with Gasteiger partial charge in [0.05, 0.1) is 17.5 Å². The fourth-order valence-corrected chi connectivity index (χ4v) is 3.09. The van der Waals surface area contributed by atoms with Crippen LogP contribution < -0.4 is 10.6 Å². The number of nitrogens with one attached hydrogen (secondary N) is 2. The van der Waals surface area contributed by atoms with Gasteiger partial charge in [-0.15, -0.1) is 0 Å². The Morgan fingerprint density at radius 1 is 1.07 bits per heavy atom. The van der Waals surface area contributed by atoms with Gasteiger partial charge < -0.3 is 15.7 Å². The Morgan fingerprint density at radius 2 is 1.83 bits per heavy atom. The first-order valence-corrected chi connectivity index (χ1v) is 9.82. The second-order valence-electron chi connectivity index (χ2n) is 7.11. The van der Waals surface area contributed by atoms with E-state index in [1.54, 1.807) is 29.2 Å². The van der Waals surface area contributed by atoms with Gasteiger partial charge in [-0.05, 0) is 42.7 Å². The highest BCUT2D eigenvalue weighted by Crippen LogP contribution is 2.22. The Hall–Kier alpha value is -3.68. The zero-order valence-electron chi connectivity index (χ0n) is 17.0. The molecule has 0 radical (unpaired) electrons. The third-order valence-corrected chi connectivity index (χ3v) is 4.50. The molecule has 3 aromatic rings. The maximum atomic E-state index is 12.7. The molecule has 0 fully saturated rings. The Labute approximate surface area is 175 Å². The van der Waals surface area contributed by atoms with Gasteiger partial charge in [0.2, 0.25) is 0 Å². The lowest BCUT2D eigenvalue weighted by atomic mass is 10.1. The van der Waals surface area contributed by atoms with Crippen LogP contribution in [0.15, 0.2) is 54.9 Å². The number of hydrogen-bond donors (Lipinski definition) is 3. The smallest absolute Gasteiger partial charge is 0.254 e. The van der Waals surface area contributed by atoms with E-state index in [0.29, 0.717) is 36.5 Å². The van der Waals surface area contributed by atoms with Crippen LogP contribution in [0.4, 0.5) is 0 Å². The summed E-state index contributed by atoms with van der Waals surface area (Å²) >= 11 is 0. The first-order valence-electron chi connectivity index (χ1n) is 9.82. The van der Waals surface area contributed by atoms with E-state index >= 15 is 0 Å². The molecule has 8 heteroatoms. The lowest BCUT2D eigenvalue weighted by molar-refractivity contribution is 0.0950. The molecule has 0 aliphatic carbocycles. The summed E-state index contributed by atoms with van der Waals surface area (Å²) < 4.78 is 1.69. The normalized spacial score (nSPS) is 10.8. The second kappa shape index (κ2) is 9.69. The van der Waals surface area contributed by atoms with Gasteiger partial charge >= 0.3 is 0 Å². The summed E-state index contributed by atoms with van der Waals surface area (Å²) in [5, 5.41) is 19.4. The average Bonchev–Trinajstić information content (AvgIpc) is 3.19. The van der Waals surface area contributed by atoms with Crippen LogP contribution in [0.25, 0.3) is 5.82 Å². The molecule has 2 heterocycles. The lowest BCUT2D eigenvalue weighted by Gasteiger charge is -2.12. The molecule has 0 unspecified atom stereocenters. The van der Waals surface area contributed by atoms with Crippen molar-refractivity contribution in [2.45, 2.75) is 26.2 Å². The zero-order valence-corrected chi connectivity index (χ0v) is 17.0. The second-order valence-corrected chi connectivity index (χ2v) is 7.11. The minimum absolute atomic E-state index is 0.0436. The van der Waals surface area contributed by atoms with E-state index in [1.165, 1.54) is 12.1 Å². The van der Waals surface area contributed by atoms with Crippen molar-refractivity contribution >= 4 is 11.8 Å². The molecule has 0 bridgehead atoms. The molecule has 0 atom stereocenters. The number of aromatic hydroxyl groups is 1. The van der Waals surface area contributed by atoms with E-state index < -0.39 is 0 Å². The van der Waals surface area contributed by atoms with Crippen molar-refractivity contribution in [3.8, 4) is 11.6 Å². The van der Waals surface area contributed by atoms with E-state index in [2.05, 4.69) is 20.7 Å². The van der Waals surface area contributed by atoms with Gasteiger partial charge in [0.1, 0.15) is 5.75 Å². The van der Waals surface area contributed by atoms with Gasteiger partial charge in [0.25, 0.3) is 11.8 Å². The Morgan fingerprint density at radius 3 is 2.50 bits per heavy atom. The third kappa shape index (κ3) is 5.02. The number of amides is 2. The van der Waals surface area contributed by atoms with Crippen molar-refractivity contribution < 1.29 is 14.7 Å². The van der Waals surface area contributed by atoms with Gasteiger partial charge in [0.15, 0.2) is 5.82 Å². The molecule has 30 heavy (non-hydrogen) atoms. The van der Waals surface area contributed by atoms with Crippen LogP contribution in [-0.4, -0.2) is 44.8 Å². The Bertz CT molecular complexity index is 1010. The molecular formula is C22H25N5O3. The summed E-state index contributed by atoms with van der Waals surface area (Å²) in [6, 6.07) is 11.7. The number of aromatic nitrogens is 3. The SMILES string of the molecule is CC(C)c1c(C(=O)NCCCNC(=O)c2cccc(O)c2)cnn1-c1ccccn1. The highest BCUT2D eigenvalue weighted by molar-refractivity contribution is 5.95. The van der Waals surface area contributed by atoms with Crippen LogP contribution in [-0.2, 0) is 0 Å². The minimum atomic E-state index is -0.268. The quantitative estimate of drug-likeness (QED) is 0.498. The van der Waals surface area contributed by atoms with E-state index in [1.807, 2.05) is 32.0 Å². The molecule has 3 N–H and O–H groups in total. The summed E-state index contributed by atoms with van der Waals surface area (Å²) in [7, 11) is 0. The van der Waals surface area contributed by atoms with Gasteiger partial charge in [-0.1, -0.05) is 26.0 Å². The predicted molar refractivity (Wildman–Crippen MR) is 113 cm³/mol. The summed E-state index contributed by atoms with van der Waals surface area (Å²) in [6.45, 7) is 4.82. The molecule has 1 aromatic carbocycles. The Kier molecular flexibility index (Phi) is 6.79. The lowest BCUT2D eigenvalue weighted by Crippen LogP contribution is -2.30. The predicted octanol–water partition coefficient (Wildman–Crippen LogP) is 2.65. The number of benzene rings is 1. The minimum Gasteiger partial charge on any atom is -0.508 e. The highest BCUT2D eigenvalue weighted by Gasteiger charge is 2.21. The van der Waals surface area contributed by atoms with Crippen molar-refractivity contribution in [3.05, 3.63) is 71.7 Å². The number of carbonyl (C=O) groups excluding carboxylic acids is 2. The standard InChI is InChI=1S/C22H25N5O3/c1-15(2)20-18(14-26-27(20)19-9-3-4-10-23-19)22(30)25-12-6-11-24-21(29)16-7-5-8-17(28)13-16/h3-5,7-10,13-15,28H,6,11-12H2,1-2H3,(H,24,29)(H,25,30). The molecule has 0 aliphatic heterocycles. The van der Waals surface area contributed by atoms with E-state index in [0.717, 1.165) is 5.69 Å². The fraction of sp³-hybridized carbons (Fsp3) is 0.273. The first-order chi connectivity index (χ1) is 14.5. The molecule has 8 nitrogen and oxygen atoms in total. The van der Waals surface area contributed by atoms with Gasteiger partial charge in [0, 0.05) is 24.8 Å². The number of carbonyl (C=O) groups is 2. The monoisotopic (exact) mass is 407 g/mol. The Balaban J connectivity index is 1.54. The summed E-state index contributed by atoms with van der Waals surface area (Å²) in [6.07, 6.45) is 3.82. The molecular weight excluding hydrogens is 382 g/mol. The fourth-order valence-electron chi connectivity index (χ4n) is 3.09. The molecule has 0 aliphatic rings. The molecule has 0 saturated carbocycles. The number of phenolic OH excluding ortho intramolecular Hbond substituents is 1. The van der Waals surface area contributed by atoms with Crippen molar-refractivity contribution in [1.29, 1.82) is 0 Å². The van der Waals surface area contributed by atoms with Crippen LogP contribution in [0.1, 0.15) is 52.6 Å². The zero-order chi connectivity index (χ0) is 21.5. The van der Waals surface area contributed by atoms with Gasteiger partial charge in [-0.25, -0.2) is 9.67 Å². The van der Waals surface area contributed by atoms with Crippen LogP contribution in [0.5, 0.6) is 5.75 Å². The number of phenols is 1. The molecule has 156 valence electrons. The highest BCUT2D eigenvalue weighted by atomic mass is 16.3. The van der Waals surface area contributed by atoms with Crippen molar-refractivity contribution in [1.82, 2.24) is 25.4 Å². The summed E-state index contributed by atoms with van der Waals surface area (Å²) in [5.41, 5.74) is 1.70. The number of pyridine rings is 1. The van der Waals surface area contributed by atoms with Gasteiger partial charge in [-0.3, -0.25) is 9.59 Å². The maximum absolute atomic E-state index is 12.7. The van der Waals surface area contributed by atoms with Crippen LogP contribution >= 0.6 is 0 Å². The van der Waals surface area contributed by atoms with Crippen LogP contribution in [0.3, 0.4) is 0 Å². The van der Waals surface area contributed by atoms with Crippen molar-refractivity contribution in [2.75, 3.05) is 13.1 Å². The van der Waals surface area contributed by atoms with E-state index in [9.17, 15) is 14.7 Å². The third-order valence-electron chi connectivity index (χ3n) is 4.50. The largest absolute Gasteiger partial charge is 0.508 e. The summed E-state index contributed by atoms with van der Waals surface area (Å²) in [5.74, 6) is 0.310. The molecule has 0 spiro atoms. The number of nitrogens with zero attached hydrogens (tertiary/aromatic N) is 3. The molecule has 2 aromatic heterocycles. The summed E-state index contributed by atoms with van der Waals surface area (Å²) in [4.78, 5) is 29.0. The van der Waals surface area contributed by atoms with Gasteiger partial charge in [-0.2, -0.15) is 5.10 Å². The van der Waals surface area contributed by atoms with E-state index in [-0.39, 0.29) is 23.5 Å². The molecule has 3 rings (SSSR count). The number of hydrogen-bond acceptors (Lipinski definition) is 5. The van der Waals surface area contributed by atoms with Crippen LogP contribution in [0.2, 0.25) is 0 Å². The average molecular weight is 407 g/mol. The van der Waals surface area contributed by atoms with Crippen molar-refractivity contribution in [3.63, 3.8) is 0 Å². The van der Waals surface area contributed by atoms with E-state index in [4.69, 9.17) is 0 Å².